The topological polar surface area (TPSA) is 96.5 Å². The van der Waals surface area contributed by atoms with Crippen LogP contribution in [0.4, 0.5) is 15.8 Å². The Bertz CT molecular complexity index is 1750. The molecule has 0 radical (unpaired) electrons. The molecule has 7 nitrogen and oxygen atoms in total. The van der Waals surface area contributed by atoms with Crippen molar-refractivity contribution in [2.24, 2.45) is 5.41 Å². The second-order valence-corrected chi connectivity index (χ2v) is 21.3. The van der Waals surface area contributed by atoms with E-state index in [-0.39, 0.29) is 39.3 Å². The zero-order valence-electron chi connectivity index (χ0n) is 28.7. The molecule has 1 spiro atoms. The fraction of sp³-hybridized carbons (Fsp3) is 0.432. The minimum Gasteiger partial charge on any atom is -0.409 e. The minimum atomic E-state index is -2.11. The van der Waals surface area contributed by atoms with Crippen molar-refractivity contribution in [3.8, 4) is 0 Å². The van der Waals surface area contributed by atoms with Crippen LogP contribution >= 0.6 is 23.2 Å². The molecule has 0 saturated carbocycles. The number of nitrogens with one attached hydrogen (secondary N) is 3. The van der Waals surface area contributed by atoms with Crippen molar-refractivity contribution >= 4 is 60.5 Å². The number of benzene rings is 3. The van der Waals surface area contributed by atoms with E-state index in [0.717, 1.165) is 0 Å². The Kier molecular flexibility index (Phi) is 9.80. The molecule has 0 aliphatic carbocycles. The summed E-state index contributed by atoms with van der Waals surface area (Å²) in [5.41, 5.74) is 0.616. The summed E-state index contributed by atoms with van der Waals surface area (Å²) in [6.45, 7) is 16.7. The first kappa shape index (κ1) is 36.2. The maximum absolute atomic E-state index is 16.0. The summed E-state index contributed by atoms with van der Waals surface area (Å²) in [4.78, 5) is 41.6. The van der Waals surface area contributed by atoms with Gasteiger partial charge in [0.15, 0.2) is 14.1 Å². The van der Waals surface area contributed by atoms with E-state index >= 15 is 4.39 Å². The van der Waals surface area contributed by atoms with Crippen molar-refractivity contribution in [3.63, 3.8) is 0 Å². The van der Waals surface area contributed by atoms with E-state index in [2.05, 4.69) is 70.6 Å². The largest absolute Gasteiger partial charge is 0.409 e. The number of fused-ring (bicyclic) bond motifs is 2. The lowest BCUT2D eigenvalue weighted by molar-refractivity contribution is -0.122. The second-order valence-electron chi connectivity index (χ2n) is 15.6. The third-order valence-electron chi connectivity index (χ3n) is 10.1. The van der Waals surface area contributed by atoms with Crippen LogP contribution in [-0.4, -0.2) is 44.6 Å². The lowest BCUT2D eigenvalue weighted by Gasteiger charge is -2.37. The highest BCUT2D eigenvalue weighted by Crippen LogP contribution is 2.57. The Balaban J connectivity index is 1.51. The number of hydrogen-bond donors (Lipinski definition) is 3. The van der Waals surface area contributed by atoms with Gasteiger partial charge in [0.25, 0.3) is 0 Å². The average molecular weight is 713 g/mol. The maximum Gasteiger partial charge on any atom is 0.242 e. The van der Waals surface area contributed by atoms with Gasteiger partial charge in [-0.25, -0.2) is 4.39 Å². The van der Waals surface area contributed by atoms with Gasteiger partial charge in [-0.2, -0.15) is 0 Å². The molecule has 0 aromatic heterocycles. The SMILES string of the molecule is CC(C)(C)C[C@@H]1N[C@@H](C(=O)Nc2ccc(C(=O)CO[Si](C)(C)C(C)(C)C)cc2)[C@H](c2cccc(Cl)c2F)[C@]12C(=O)Nc1cc(Cl)ccc12. The van der Waals surface area contributed by atoms with Crippen molar-refractivity contribution in [2.45, 2.75) is 89.5 Å². The van der Waals surface area contributed by atoms with Gasteiger partial charge in [-0.15, -0.1) is 0 Å². The summed E-state index contributed by atoms with van der Waals surface area (Å²) in [5, 5.41) is 9.72. The fourth-order valence-electron chi connectivity index (χ4n) is 6.66. The molecule has 4 atom stereocenters. The number of ketones is 1. The fourth-order valence-corrected chi connectivity index (χ4v) is 7.94. The molecule has 0 bridgehead atoms. The van der Waals surface area contributed by atoms with Crippen molar-refractivity contribution in [2.75, 3.05) is 17.2 Å². The minimum absolute atomic E-state index is 0.0208. The molecule has 1 fully saturated rings. The highest BCUT2D eigenvalue weighted by atomic mass is 35.5. The Morgan fingerprint density at radius 3 is 2.29 bits per heavy atom. The Morgan fingerprint density at radius 2 is 1.67 bits per heavy atom. The van der Waals surface area contributed by atoms with Crippen LogP contribution in [0, 0.1) is 11.2 Å². The molecule has 3 aromatic carbocycles. The van der Waals surface area contributed by atoms with Crippen LogP contribution in [0.15, 0.2) is 60.7 Å². The van der Waals surface area contributed by atoms with Crippen molar-refractivity contribution in [1.82, 2.24) is 5.32 Å². The first-order chi connectivity index (χ1) is 22.3. The third kappa shape index (κ3) is 6.72. The van der Waals surface area contributed by atoms with E-state index in [4.69, 9.17) is 27.6 Å². The zero-order chi connectivity index (χ0) is 35.4. The summed E-state index contributed by atoms with van der Waals surface area (Å²) in [5.74, 6) is -2.60. The normalized spacial score (nSPS) is 22.5. The van der Waals surface area contributed by atoms with Crippen LogP contribution in [0.1, 0.15) is 75.4 Å². The number of Topliss-reactive ketones (excluding diaryl/α,β-unsaturated/α-hetero) is 1. The van der Waals surface area contributed by atoms with Crippen LogP contribution in [0.2, 0.25) is 28.2 Å². The van der Waals surface area contributed by atoms with Gasteiger partial charge in [0, 0.05) is 33.9 Å². The Morgan fingerprint density at radius 1 is 1.00 bits per heavy atom. The Labute approximate surface area is 293 Å². The monoisotopic (exact) mass is 711 g/mol. The smallest absolute Gasteiger partial charge is 0.242 e. The molecule has 1 saturated heterocycles. The van der Waals surface area contributed by atoms with Crippen LogP contribution in [0.3, 0.4) is 0 Å². The van der Waals surface area contributed by atoms with E-state index in [1.807, 2.05) is 0 Å². The van der Waals surface area contributed by atoms with E-state index in [1.54, 1.807) is 54.6 Å². The number of rotatable bonds is 8. The quantitative estimate of drug-likeness (QED) is 0.160. The van der Waals surface area contributed by atoms with E-state index in [1.165, 1.54) is 6.07 Å². The predicted molar refractivity (Wildman–Crippen MR) is 193 cm³/mol. The number of amides is 2. The number of anilines is 2. The maximum atomic E-state index is 16.0. The second kappa shape index (κ2) is 13.0. The standard InChI is InChI=1S/C37H44Cl2FN3O4Si/c1-35(2,3)19-29-37(25-17-14-22(38)18-27(25)42-34(37)46)30(24-10-9-11-26(39)31(24)40)32(43-29)33(45)41-23-15-12-21(13-16-23)28(44)20-47-48(7,8)36(4,5)6/h9-18,29-30,32,43H,19-20H2,1-8H3,(H,41,45)(H,42,46)/t29-,30-,32+,37+/m0/s1. The molecule has 2 aliphatic heterocycles. The molecule has 48 heavy (non-hydrogen) atoms. The molecule has 2 aliphatic rings. The molecule has 11 heteroatoms. The van der Waals surface area contributed by atoms with Crippen molar-refractivity contribution in [3.05, 3.63) is 93.2 Å². The molecule has 2 amide bonds. The zero-order valence-corrected chi connectivity index (χ0v) is 31.2. The summed E-state index contributed by atoms with van der Waals surface area (Å²) in [7, 11) is -2.11. The van der Waals surface area contributed by atoms with Gasteiger partial charge in [-0.3, -0.25) is 14.4 Å². The van der Waals surface area contributed by atoms with Crippen molar-refractivity contribution < 1.29 is 23.2 Å². The van der Waals surface area contributed by atoms with Crippen LogP contribution in [-0.2, 0) is 19.4 Å². The van der Waals surface area contributed by atoms with Crippen molar-refractivity contribution in [1.29, 1.82) is 0 Å². The van der Waals surface area contributed by atoms with Gasteiger partial charge in [0.05, 0.1) is 17.7 Å². The van der Waals surface area contributed by atoms with E-state index < -0.39 is 43.5 Å². The first-order valence-electron chi connectivity index (χ1n) is 16.2. The Hall–Kier alpha value is -3.08. The predicted octanol–water partition coefficient (Wildman–Crippen LogP) is 8.73. The van der Waals surface area contributed by atoms with Crippen LogP contribution in [0.5, 0.6) is 0 Å². The number of hydrogen-bond acceptors (Lipinski definition) is 5. The number of carbonyl (C=O) groups is 3. The van der Waals surface area contributed by atoms with Crippen LogP contribution in [0.25, 0.3) is 0 Å². The van der Waals surface area contributed by atoms with E-state index in [0.29, 0.717) is 33.9 Å². The summed E-state index contributed by atoms with van der Waals surface area (Å²) >= 11 is 12.6. The highest BCUT2D eigenvalue weighted by Gasteiger charge is 2.66. The average Bonchev–Trinajstić information content (AvgIpc) is 3.46. The molecule has 3 aromatic rings. The van der Waals surface area contributed by atoms with Crippen LogP contribution < -0.4 is 16.0 Å². The van der Waals surface area contributed by atoms with Gasteiger partial charge < -0.3 is 20.4 Å². The molecule has 5 rings (SSSR count). The highest BCUT2D eigenvalue weighted by molar-refractivity contribution is 6.74. The molecular formula is C37H44Cl2FN3O4Si. The number of halogens is 3. The van der Waals surface area contributed by atoms with E-state index in [9.17, 15) is 14.4 Å². The lowest BCUT2D eigenvalue weighted by Crippen LogP contribution is -2.49. The van der Waals surface area contributed by atoms with Gasteiger partial charge >= 0.3 is 0 Å². The number of carbonyl (C=O) groups excluding carboxylic acids is 3. The summed E-state index contributed by atoms with van der Waals surface area (Å²) in [6, 6.07) is 14.8. The summed E-state index contributed by atoms with van der Waals surface area (Å²) in [6.07, 6.45) is 0.499. The molecule has 2 heterocycles. The molecule has 256 valence electrons. The lowest BCUT2D eigenvalue weighted by atomic mass is 9.62. The van der Waals surface area contributed by atoms with Gasteiger partial charge in [-0.1, -0.05) is 82.9 Å². The molecule has 3 N–H and O–H groups in total. The molecule has 0 unspecified atom stereocenters. The first-order valence-corrected chi connectivity index (χ1v) is 19.8. The van der Waals surface area contributed by atoms with Gasteiger partial charge in [-0.05, 0) is 83.6 Å². The third-order valence-corrected chi connectivity index (χ3v) is 15.1. The molecular weight excluding hydrogens is 668 g/mol. The summed E-state index contributed by atoms with van der Waals surface area (Å²) < 4.78 is 22.1. The van der Waals surface area contributed by atoms with Gasteiger partial charge in [0.1, 0.15) is 11.2 Å². The van der Waals surface area contributed by atoms with Gasteiger partial charge in [0.2, 0.25) is 11.8 Å².